The number of hydrogen-bond donors (Lipinski definition) is 1. The highest BCUT2D eigenvalue weighted by Gasteiger charge is 2.19. The maximum absolute atomic E-state index is 12.7. The fraction of sp³-hybridized carbons (Fsp3) is 0.615. The van der Waals surface area contributed by atoms with Gasteiger partial charge in [-0.15, -0.1) is 0 Å². The van der Waals surface area contributed by atoms with E-state index in [-0.39, 0.29) is 11.7 Å². The van der Waals surface area contributed by atoms with Gasteiger partial charge in [0, 0.05) is 24.8 Å². The normalized spacial score (nSPS) is 14.8. The van der Waals surface area contributed by atoms with Crippen molar-refractivity contribution in [1.82, 2.24) is 9.88 Å². The fourth-order valence-corrected chi connectivity index (χ4v) is 2.28. The Labute approximate surface area is 112 Å². The molecule has 102 valence electrons. The second-order valence-electron chi connectivity index (χ2n) is 4.58. The molecular formula is C13H21FN2OS. The van der Waals surface area contributed by atoms with E-state index in [0.717, 1.165) is 25.0 Å². The van der Waals surface area contributed by atoms with E-state index in [1.165, 1.54) is 6.07 Å². The van der Waals surface area contributed by atoms with Gasteiger partial charge in [-0.1, -0.05) is 6.92 Å². The summed E-state index contributed by atoms with van der Waals surface area (Å²) in [6.07, 6.45) is 2.57. The van der Waals surface area contributed by atoms with Crippen molar-refractivity contribution in [3.05, 3.63) is 29.8 Å². The number of aliphatic hydroxyl groups is 1. The summed E-state index contributed by atoms with van der Waals surface area (Å²) in [7, 11) is 2.04. The SMILES string of the molecule is CSCCN(C)CC(C)C(O)c1ccc(F)cn1. The first kappa shape index (κ1) is 15.4. The van der Waals surface area contributed by atoms with Gasteiger partial charge in [-0.05, 0) is 25.4 Å². The fourth-order valence-electron chi connectivity index (χ4n) is 1.78. The van der Waals surface area contributed by atoms with E-state index in [1.807, 2.05) is 14.0 Å². The second-order valence-corrected chi connectivity index (χ2v) is 5.56. The smallest absolute Gasteiger partial charge is 0.141 e. The van der Waals surface area contributed by atoms with Crippen LogP contribution in [0.2, 0.25) is 0 Å². The summed E-state index contributed by atoms with van der Waals surface area (Å²) in [6, 6.07) is 2.87. The number of nitrogens with zero attached hydrogens (tertiary/aromatic N) is 2. The zero-order valence-electron chi connectivity index (χ0n) is 11.1. The minimum atomic E-state index is -0.651. The molecule has 0 saturated carbocycles. The van der Waals surface area contributed by atoms with E-state index in [4.69, 9.17) is 0 Å². The minimum Gasteiger partial charge on any atom is -0.386 e. The molecule has 5 heteroatoms. The Morgan fingerprint density at radius 3 is 2.78 bits per heavy atom. The topological polar surface area (TPSA) is 36.4 Å². The van der Waals surface area contributed by atoms with Gasteiger partial charge in [0.25, 0.3) is 0 Å². The first-order valence-corrected chi connectivity index (χ1v) is 7.41. The molecule has 2 unspecified atom stereocenters. The third-order valence-corrected chi connectivity index (χ3v) is 3.46. The summed E-state index contributed by atoms with van der Waals surface area (Å²) in [6.45, 7) is 3.77. The summed E-state index contributed by atoms with van der Waals surface area (Å²) >= 11 is 1.81. The molecule has 1 N–H and O–H groups in total. The van der Waals surface area contributed by atoms with Crippen LogP contribution in [0, 0.1) is 11.7 Å². The maximum atomic E-state index is 12.7. The average molecular weight is 272 g/mol. The third kappa shape index (κ3) is 4.92. The molecule has 0 saturated heterocycles. The molecule has 1 aromatic rings. The third-order valence-electron chi connectivity index (χ3n) is 2.87. The van der Waals surface area contributed by atoms with Crippen molar-refractivity contribution in [2.24, 2.45) is 5.92 Å². The summed E-state index contributed by atoms with van der Waals surface area (Å²) in [5, 5.41) is 10.1. The molecular weight excluding hydrogens is 251 g/mol. The van der Waals surface area contributed by atoms with Crippen molar-refractivity contribution < 1.29 is 9.50 Å². The molecule has 0 fully saturated rings. The van der Waals surface area contributed by atoms with Gasteiger partial charge in [-0.2, -0.15) is 11.8 Å². The molecule has 1 aromatic heterocycles. The molecule has 0 aliphatic heterocycles. The highest BCUT2D eigenvalue weighted by molar-refractivity contribution is 7.98. The van der Waals surface area contributed by atoms with E-state index in [1.54, 1.807) is 17.8 Å². The second kappa shape index (κ2) is 7.71. The standard InChI is InChI=1S/C13H21FN2OS/c1-10(9-16(2)6-7-18-3)13(17)12-5-4-11(14)8-15-12/h4-5,8,10,13,17H,6-7,9H2,1-3H3. The molecule has 0 aliphatic rings. The van der Waals surface area contributed by atoms with E-state index >= 15 is 0 Å². The van der Waals surface area contributed by atoms with E-state index in [2.05, 4.69) is 16.1 Å². The Balaban J connectivity index is 2.50. The highest BCUT2D eigenvalue weighted by Crippen LogP contribution is 2.20. The molecule has 0 radical (unpaired) electrons. The molecule has 0 aromatic carbocycles. The number of pyridine rings is 1. The van der Waals surface area contributed by atoms with Gasteiger partial charge in [0.15, 0.2) is 0 Å². The molecule has 2 atom stereocenters. The lowest BCUT2D eigenvalue weighted by Crippen LogP contribution is -2.29. The molecule has 1 heterocycles. The Bertz CT molecular complexity index is 347. The number of halogens is 1. The van der Waals surface area contributed by atoms with Crippen LogP contribution in [0.3, 0.4) is 0 Å². The Morgan fingerprint density at radius 1 is 1.50 bits per heavy atom. The number of hydrogen-bond acceptors (Lipinski definition) is 4. The Morgan fingerprint density at radius 2 is 2.22 bits per heavy atom. The van der Waals surface area contributed by atoms with E-state index in [9.17, 15) is 9.50 Å². The van der Waals surface area contributed by atoms with Gasteiger partial charge in [-0.3, -0.25) is 4.98 Å². The van der Waals surface area contributed by atoms with E-state index in [0.29, 0.717) is 5.69 Å². The number of rotatable bonds is 7. The highest BCUT2D eigenvalue weighted by atomic mass is 32.2. The van der Waals surface area contributed by atoms with Gasteiger partial charge in [0.1, 0.15) is 5.82 Å². The molecule has 1 rings (SSSR count). The van der Waals surface area contributed by atoms with Crippen molar-refractivity contribution in [3.8, 4) is 0 Å². The zero-order chi connectivity index (χ0) is 13.5. The Hall–Kier alpha value is -0.650. The van der Waals surface area contributed by atoms with Gasteiger partial charge in [0.2, 0.25) is 0 Å². The first-order valence-electron chi connectivity index (χ1n) is 6.01. The lowest BCUT2D eigenvalue weighted by atomic mass is 10.0. The quantitative estimate of drug-likeness (QED) is 0.825. The van der Waals surface area contributed by atoms with E-state index < -0.39 is 6.10 Å². The Kier molecular flexibility index (Phi) is 6.60. The van der Waals surface area contributed by atoms with Crippen LogP contribution in [-0.2, 0) is 0 Å². The van der Waals surface area contributed by atoms with Crippen LogP contribution >= 0.6 is 11.8 Å². The predicted octanol–water partition coefficient (Wildman–Crippen LogP) is 2.19. The maximum Gasteiger partial charge on any atom is 0.141 e. The first-order chi connectivity index (χ1) is 8.54. The lowest BCUT2D eigenvalue weighted by molar-refractivity contribution is 0.0926. The van der Waals surface area contributed by atoms with Gasteiger partial charge >= 0.3 is 0 Å². The largest absolute Gasteiger partial charge is 0.386 e. The molecule has 0 amide bonds. The number of aromatic nitrogens is 1. The molecule has 18 heavy (non-hydrogen) atoms. The molecule has 0 aliphatic carbocycles. The number of aliphatic hydroxyl groups excluding tert-OH is 1. The minimum absolute atomic E-state index is 0.0646. The summed E-state index contributed by atoms with van der Waals surface area (Å²) in [5.74, 6) is 0.763. The van der Waals surface area contributed by atoms with Gasteiger partial charge in [0.05, 0.1) is 18.0 Å². The zero-order valence-corrected chi connectivity index (χ0v) is 12.0. The van der Waals surface area contributed by atoms with Gasteiger partial charge < -0.3 is 10.0 Å². The molecule has 3 nitrogen and oxygen atoms in total. The predicted molar refractivity (Wildman–Crippen MR) is 74.2 cm³/mol. The van der Waals surface area contributed by atoms with Crippen molar-refractivity contribution in [2.75, 3.05) is 32.1 Å². The van der Waals surface area contributed by atoms with Crippen molar-refractivity contribution in [3.63, 3.8) is 0 Å². The van der Waals surface area contributed by atoms with Crippen molar-refractivity contribution >= 4 is 11.8 Å². The van der Waals surface area contributed by atoms with Crippen molar-refractivity contribution in [1.29, 1.82) is 0 Å². The molecule has 0 bridgehead atoms. The van der Waals surface area contributed by atoms with Crippen LogP contribution < -0.4 is 0 Å². The van der Waals surface area contributed by atoms with Gasteiger partial charge in [-0.25, -0.2) is 4.39 Å². The van der Waals surface area contributed by atoms with Crippen LogP contribution in [-0.4, -0.2) is 47.1 Å². The van der Waals surface area contributed by atoms with Crippen LogP contribution in [0.25, 0.3) is 0 Å². The average Bonchev–Trinajstić information content (AvgIpc) is 2.36. The molecule has 0 spiro atoms. The van der Waals surface area contributed by atoms with Crippen LogP contribution in [0.5, 0.6) is 0 Å². The lowest BCUT2D eigenvalue weighted by Gasteiger charge is -2.24. The summed E-state index contributed by atoms with van der Waals surface area (Å²) < 4.78 is 12.7. The van der Waals surface area contributed by atoms with Crippen LogP contribution in [0.4, 0.5) is 4.39 Å². The number of thioether (sulfide) groups is 1. The summed E-state index contributed by atoms with van der Waals surface area (Å²) in [4.78, 5) is 6.11. The summed E-state index contributed by atoms with van der Waals surface area (Å²) in [5.41, 5.74) is 0.530. The van der Waals surface area contributed by atoms with Crippen LogP contribution in [0.1, 0.15) is 18.7 Å². The van der Waals surface area contributed by atoms with Crippen LogP contribution in [0.15, 0.2) is 18.3 Å². The van der Waals surface area contributed by atoms with Crippen molar-refractivity contribution in [2.45, 2.75) is 13.0 Å². The monoisotopic (exact) mass is 272 g/mol.